The molecule has 1 atom stereocenters. The molecule has 0 bridgehead atoms. The van der Waals surface area contributed by atoms with Crippen LogP contribution in [0.2, 0.25) is 0 Å². The molecule has 5 heteroatoms. The number of rotatable bonds is 15. The van der Waals surface area contributed by atoms with E-state index in [1.165, 1.54) is 11.1 Å². The predicted molar refractivity (Wildman–Crippen MR) is 194 cm³/mol. The summed E-state index contributed by atoms with van der Waals surface area (Å²) in [6.07, 6.45) is 16.0. The third-order valence-corrected chi connectivity index (χ3v) is 5.82. The van der Waals surface area contributed by atoms with E-state index in [4.69, 9.17) is 0 Å². The van der Waals surface area contributed by atoms with Gasteiger partial charge in [-0.3, -0.25) is 4.90 Å². The van der Waals surface area contributed by atoms with Crippen LogP contribution in [0.5, 0.6) is 0 Å². The molecule has 1 aromatic rings. The van der Waals surface area contributed by atoms with E-state index < -0.39 is 11.7 Å². The summed E-state index contributed by atoms with van der Waals surface area (Å²) in [5.41, 5.74) is 3.88. The van der Waals surface area contributed by atoms with Crippen molar-refractivity contribution in [2.45, 2.75) is 99.2 Å². The molecule has 0 heterocycles. The standard InChI is InChI=1S/C18H27N.C15H19F3.2C2H6.CH4S/c1-7-12-16(11-5)18(19(6)15-10-4)17(13-8-2)14-9-3;1-3-4-5-13-8-10-14(11-9-13)7-6-12(2)15(16,17)18;3*1-2/h7-9,11-14,18H,1-2,5,10,15H2,3-4,6H3;8-11H,2-7H2,1H3;2*1-2H3;2H,1H3/b14-9-,16-12+,17-13+;;;;. The van der Waals surface area contributed by atoms with Crippen LogP contribution in [0.3, 0.4) is 0 Å². The number of hydrogen-bond acceptors (Lipinski definition) is 2. The van der Waals surface area contributed by atoms with Crippen LogP contribution in [0.15, 0.2) is 110 Å². The maximum absolute atomic E-state index is 12.3. The van der Waals surface area contributed by atoms with Crippen LogP contribution in [-0.4, -0.2) is 37.0 Å². The molecule has 246 valence electrons. The minimum atomic E-state index is -4.26. The topological polar surface area (TPSA) is 3.24 Å². The first kappa shape index (κ1) is 47.4. The molecule has 0 N–H and O–H groups in total. The fourth-order valence-electron chi connectivity index (χ4n) is 3.85. The van der Waals surface area contributed by atoms with Gasteiger partial charge in [-0.25, -0.2) is 0 Å². The molecule has 0 aromatic heterocycles. The Kier molecular flexibility index (Phi) is 35.8. The van der Waals surface area contributed by atoms with Crippen molar-refractivity contribution in [1.29, 1.82) is 0 Å². The van der Waals surface area contributed by atoms with E-state index in [-0.39, 0.29) is 12.5 Å². The summed E-state index contributed by atoms with van der Waals surface area (Å²) in [7, 11) is 2.13. The number of nitrogens with zero attached hydrogens (tertiary/aromatic N) is 1. The van der Waals surface area contributed by atoms with Gasteiger partial charge in [0.2, 0.25) is 0 Å². The highest BCUT2D eigenvalue weighted by molar-refractivity contribution is 7.79. The molecular formula is C38H62F3NS. The molecule has 0 spiro atoms. The van der Waals surface area contributed by atoms with Gasteiger partial charge < -0.3 is 0 Å². The van der Waals surface area contributed by atoms with Crippen LogP contribution in [0.1, 0.15) is 85.3 Å². The molecule has 0 fully saturated rings. The van der Waals surface area contributed by atoms with Crippen LogP contribution in [0.25, 0.3) is 0 Å². The second kappa shape index (κ2) is 32.4. The van der Waals surface area contributed by atoms with Gasteiger partial charge in [-0.1, -0.05) is 141 Å². The summed E-state index contributed by atoms with van der Waals surface area (Å²) < 4.78 is 36.8. The van der Waals surface area contributed by atoms with Gasteiger partial charge in [-0.2, -0.15) is 25.8 Å². The zero-order valence-corrected chi connectivity index (χ0v) is 29.6. The van der Waals surface area contributed by atoms with Gasteiger partial charge in [0, 0.05) is 5.57 Å². The number of hydrogen-bond donors (Lipinski definition) is 1. The van der Waals surface area contributed by atoms with Gasteiger partial charge >= 0.3 is 6.18 Å². The lowest BCUT2D eigenvalue weighted by molar-refractivity contribution is -0.0935. The van der Waals surface area contributed by atoms with Crippen LogP contribution in [0.4, 0.5) is 13.2 Å². The molecule has 0 amide bonds. The predicted octanol–water partition coefficient (Wildman–Crippen LogP) is 12.4. The fourth-order valence-corrected chi connectivity index (χ4v) is 3.85. The quantitative estimate of drug-likeness (QED) is 0.116. The first-order valence-electron chi connectivity index (χ1n) is 15.5. The Bertz CT molecular complexity index is 922. The molecule has 1 unspecified atom stereocenters. The molecule has 0 aliphatic rings. The summed E-state index contributed by atoms with van der Waals surface area (Å²) in [5, 5.41) is 0. The van der Waals surface area contributed by atoms with Crippen LogP contribution in [-0.2, 0) is 12.8 Å². The zero-order chi connectivity index (χ0) is 34.3. The van der Waals surface area contributed by atoms with Crippen molar-refractivity contribution in [3.05, 3.63) is 121 Å². The van der Waals surface area contributed by atoms with Crippen molar-refractivity contribution >= 4 is 12.6 Å². The van der Waals surface area contributed by atoms with E-state index in [0.717, 1.165) is 43.4 Å². The average molecular weight is 622 g/mol. The normalized spacial score (nSPS) is 11.8. The minimum Gasteiger partial charge on any atom is -0.295 e. The summed E-state index contributed by atoms with van der Waals surface area (Å²) in [6, 6.07) is 8.01. The monoisotopic (exact) mass is 621 g/mol. The highest BCUT2D eigenvalue weighted by Crippen LogP contribution is 2.27. The maximum Gasteiger partial charge on any atom is 0.412 e. The lowest BCUT2D eigenvalue weighted by Crippen LogP contribution is -2.34. The summed E-state index contributed by atoms with van der Waals surface area (Å²) in [6.45, 7) is 30.0. The first-order valence-corrected chi connectivity index (χ1v) is 16.4. The van der Waals surface area contributed by atoms with Gasteiger partial charge in [0.25, 0.3) is 0 Å². The number of aryl methyl sites for hydroxylation is 2. The van der Waals surface area contributed by atoms with Crippen LogP contribution >= 0.6 is 12.6 Å². The number of thiol groups is 1. The van der Waals surface area contributed by atoms with Crippen LogP contribution in [0, 0.1) is 0 Å². The molecule has 43 heavy (non-hydrogen) atoms. The minimum absolute atomic E-state index is 0.0300. The lowest BCUT2D eigenvalue weighted by Gasteiger charge is -2.30. The van der Waals surface area contributed by atoms with Gasteiger partial charge in [-0.15, -0.1) is 0 Å². The van der Waals surface area contributed by atoms with Crippen molar-refractivity contribution in [1.82, 2.24) is 4.90 Å². The van der Waals surface area contributed by atoms with Gasteiger partial charge in [0.1, 0.15) is 0 Å². The molecule has 0 saturated heterocycles. The molecule has 1 nitrogen and oxygen atoms in total. The highest BCUT2D eigenvalue weighted by atomic mass is 32.1. The number of benzene rings is 1. The smallest absolute Gasteiger partial charge is 0.295 e. The molecule has 0 aliphatic carbocycles. The second-order valence-electron chi connectivity index (χ2n) is 8.91. The van der Waals surface area contributed by atoms with Gasteiger partial charge in [0.05, 0.1) is 6.04 Å². The van der Waals surface area contributed by atoms with E-state index in [0.29, 0.717) is 6.42 Å². The number of allylic oxidation sites excluding steroid dienone is 6. The van der Waals surface area contributed by atoms with E-state index in [2.05, 4.69) is 83.0 Å². The van der Waals surface area contributed by atoms with E-state index in [1.54, 1.807) is 6.26 Å². The third kappa shape index (κ3) is 23.6. The van der Waals surface area contributed by atoms with Crippen molar-refractivity contribution in [3.63, 3.8) is 0 Å². The fraction of sp³-hybridized carbons (Fsp3) is 0.474. The van der Waals surface area contributed by atoms with Crippen molar-refractivity contribution in [2.24, 2.45) is 0 Å². The average Bonchev–Trinajstić information content (AvgIpc) is 3.02. The molecule has 1 aromatic carbocycles. The van der Waals surface area contributed by atoms with E-state index in [1.807, 2.05) is 83.2 Å². The first-order chi connectivity index (χ1) is 20.6. The second-order valence-corrected chi connectivity index (χ2v) is 8.91. The highest BCUT2D eigenvalue weighted by Gasteiger charge is 2.30. The molecule has 0 aliphatic heterocycles. The Balaban J connectivity index is -0.000000301. The Morgan fingerprint density at radius 1 is 0.860 bits per heavy atom. The molecule has 1 rings (SSSR count). The van der Waals surface area contributed by atoms with E-state index in [9.17, 15) is 13.2 Å². The Hall–Kier alpha value is -2.50. The number of unbranched alkanes of at least 4 members (excludes halogenated alkanes) is 1. The zero-order valence-electron chi connectivity index (χ0n) is 28.7. The third-order valence-electron chi connectivity index (χ3n) is 5.82. The molecule has 0 saturated carbocycles. The van der Waals surface area contributed by atoms with Crippen molar-refractivity contribution in [3.8, 4) is 0 Å². The summed E-state index contributed by atoms with van der Waals surface area (Å²) >= 11 is 3.53. The number of halogens is 3. The largest absolute Gasteiger partial charge is 0.412 e. The Morgan fingerprint density at radius 2 is 1.33 bits per heavy atom. The molecule has 0 radical (unpaired) electrons. The number of alkyl halides is 3. The van der Waals surface area contributed by atoms with Crippen molar-refractivity contribution < 1.29 is 13.2 Å². The van der Waals surface area contributed by atoms with E-state index >= 15 is 0 Å². The van der Waals surface area contributed by atoms with Gasteiger partial charge in [-0.05, 0) is 81.1 Å². The van der Waals surface area contributed by atoms with Crippen molar-refractivity contribution in [2.75, 3.05) is 19.8 Å². The SMILES string of the molecule is C=C(CCc1ccc(CCCC)cc1)C(F)(F)F.C=C/C=C(\C=C)C(C(/C=C\C)=C/C=C)N(C)CCC.CC.CC.CS. The summed E-state index contributed by atoms with van der Waals surface area (Å²) in [4.78, 5) is 2.33. The summed E-state index contributed by atoms with van der Waals surface area (Å²) in [5.74, 6) is 0. The number of likely N-dealkylation sites (N-methyl/N-ethyl adjacent to an activating group) is 1. The lowest BCUT2D eigenvalue weighted by atomic mass is 9.95. The Labute approximate surface area is 270 Å². The van der Waals surface area contributed by atoms with Gasteiger partial charge in [0.15, 0.2) is 0 Å². The Morgan fingerprint density at radius 3 is 1.70 bits per heavy atom. The maximum atomic E-state index is 12.3. The molecular weight excluding hydrogens is 559 g/mol. The van der Waals surface area contributed by atoms with Crippen LogP contribution < -0.4 is 0 Å².